The van der Waals surface area contributed by atoms with Gasteiger partial charge < -0.3 is 10.1 Å². The Balaban J connectivity index is 2.40. The van der Waals surface area contributed by atoms with Crippen LogP contribution in [-0.4, -0.2) is 50.3 Å². The smallest absolute Gasteiger partial charge is 0.0695 e. The minimum Gasteiger partial charge on any atom is -0.380 e. The fourth-order valence-corrected chi connectivity index (χ4v) is 2.47. The molecule has 0 bridgehead atoms. The zero-order valence-corrected chi connectivity index (χ0v) is 11.3. The third kappa shape index (κ3) is 4.04. The molecule has 1 aliphatic heterocycles. The Labute approximate surface area is 101 Å². The molecular weight excluding hydrogens is 200 g/mol. The summed E-state index contributed by atoms with van der Waals surface area (Å²) in [4.78, 5) is 2.56. The van der Waals surface area contributed by atoms with Gasteiger partial charge in [-0.25, -0.2) is 0 Å². The van der Waals surface area contributed by atoms with Gasteiger partial charge in [0.15, 0.2) is 0 Å². The minimum atomic E-state index is 0.321. The summed E-state index contributed by atoms with van der Waals surface area (Å²) in [5.41, 5.74) is 0. The highest BCUT2D eigenvalue weighted by atomic mass is 16.5. The number of nitrogens with one attached hydrogen (secondary N) is 1. The molecule has 2 unspecified atom stereocenters. The summed E-state index contributed by atoms with van der Waals surface area (Å²) in [6, 6.07) is 0.518. The maximum Gasteiger partial charge on any atom is 0.0695 e. The van der Waals surface area contributed by atoms with Gasteiger partial charge in [0, 0.05) is 19.7 Å². The van der Waals surface area contributed by atoms with Crippen molar-refractivity contribution in [2.45, 2.75) is 45.8 Å². The Morgan fingerprint density at radius 3 is 2.44 bits per heavy atom. The molecule has 1 N–H and O–H groups in total. The van der Waals surface area contributed by atoms with Crippen molar-refractivity contribution >= 4 is 0 Å². The molecule has 1 saturated heterocycles. The van der Waals surface area contributed by atoms with Crippen molar-refractivity contribution in [3.05, 3.63) is 0 Å². The molecule has 0 radical (unpaired) electrons. The monoisotopic (exact) mass is 228 g/mol. The van der Waals surface area contributed by atoms with E-state index >= 15 is 0 Å². The van der Waals surface area contributed by atoms with Gasteiger partial charge in [0.25, 0.3) is 0 Å². The van der Waals surface area contributed by atoms with Crippen molar-refractivity contribution in [3.63, 3.8) is 0 Å². The van der Waals surface area contributed by atoms with Gasteiger partial charge in [-0.05, 0) is 52.2 Å². The van der Waals surface area contributed by atoms with Crippen molar-refractivity contribution in [2.75, 3.05) is 33.3 Å². The third-order valence-electron chi connectivity index (χ3n) is 3.98. The topological polar surface area (TPSA) is 24.5 Å². The van der Waals surface area contributed by atoms with Gasteiger partial charge in [0.1, 0.15) is 0 Å². The molecule has 0 aliphatic carbocycles. The van der Waals surface area contributed by atoms with Crippen LogP contribution in [0.2, 0.25) is 0 Å². The van der Waals surface area contributed by atoms with E-state index < -0.39 is 0 Å². The van der Waals surface area contributed by atoms with Gasteiger partial charge in [0.2, 0.25) is 0 Å². The van der Waals surface area contributed by atoms with Crippen LogP contribution in [0.25, 0.3) is 0 Å². The molecule has 3 nitrogen and oxygen atoms in total. The van der Waals surface area contributed by atoms with Crippen LogP contribution in [0.4, 0.5) is 0 Å². The van der Waals surface area contributed by atoms with Crippen molar-refractivity contribution in [3.8, 4) is 0 Å². The summed E-state index contributed by atoms with van der Waals surface area (Å²) in [6.07, 6.45) is 2.97. The van der Waals surface area contributed by atoms with Crippen LogP contribution in [0.3, 0.4) is 0 Å². The van der Waals surface area contributed by atoms with Crippen molar-refractivity contribution in [2.24, 2.45) is 5.92 Å². The Kier molecular flexibility index (Phi) is 6.32. The third-order valence-corrected chi connectivity index (χ3v) is 3.98. The fourth-order valence-electron chi connectivity index (χ4n) is 2.47. The molecule has 16 heavy (non-hydrogen) atoms. The number of rotatable bonds is 6. The fraction of sp³-hybridized carbons (Fsp3) is 1.00. The highest BCUT2D eigenvalue weighted by molar-refractivity contribution is 4.77. The summed E-state index contributed by atoms with van der Waals surface area (Å²) in [5, 5.41) is 3.43. The van der Waals surface area contributed by atoms with E-state index in [1.165, 1.54) is 32.5 Å². The van der Waals surface area contributed by atoms with E-state index in [0.29, 0.717) is 12.1 Å². The van der Waals surface area contributed by atoms with Gasteiger partial charge in [0.05, 0.1) is 6.10 Å². The first-order valence-corrected chi connectivity index (χ1v) is 6.66. The number of methoxy groups -OCH3 is 1. The average Bonchev–Trinajstić information content (AvgIpc) is 2.35. The van der Waals surface area contributed by atoms with E-state index in [-0.39, 0.29) is 0 Å². The summed E-state index contributed by atoms with van der Waals surface area (Å²) in [7, 11) is 1.81. The predicted molar refractivity (Wildman–Crippen MR) is 68.8 cm³/mol. The zero-order chi connectivity index (χ0) is 12.0. The second kappa shape index (κ2) is 7.25. The summed E-state index contributed by atoms with van der Waals surface area (Å²) >= 11 is 0. The maximum absolute atomic E-state index is 5.43. The number of likely N-dealkylation sites (N-methyl/N-ethyl adjacent to an activating group) is 1. The van der Waals surface area contributed by atoms with Crippen LogP contribution in [-0.2, 0) is 4.74 Å². The lowest BCUT2D eigenvalue weighted by atomic mass is 9.96. The maximum atomic E-state index is 5.43. The van der Waals surface area contributed by atoms with Crippen LogP contribution < -0.4 is 5.32 Å². The van der Waals surface area contributed by atoms with Crippen LogP contribution >= 0.6 is 0 Å². The molecule has 1 rings (SSSR count). The molecule has 0 aromatic carbocycles. The van der Waals surface area contributed by atoms with E-state index in [2.05, 4.69) is 31.0 Å². The van der Waals surface area contributed by atoms with Crippen molar-refractivity contribution in [1.29, 1.82) is 0 Å². The lowest BCUT2D eigenvalue weighted by Gasteiger charge is -2.35. The van der Waals surface area contributed by atoms with Gasteiger partial charge in [-0.2, -0.15) is 0 Å². The molecule has 3 heteroatoms. The number of piperidine rings is 1. The lowest BCUT2D eigenvalue weighted by Crippen LogP contribution is -2.45. The normalized spacial score (nSPS) is 22.3. The zero-order valence-electron chi connectivity index (χ0n) is 11.3. The summed E-state index contributed by atoms with van der Waals surface area (Å²) < 4.78 is 5.43. The second-order valence-electron chi connectivity index (χ2n) is 4.96. The Bertz CT molecular complexity index is 181. The standard InChI is InChI=1S/C13H28N2O/c1-5-15(11(2)12(3)16-4)10-13-6-8-14-9-7-13/h11-14H,5-10H2,1-4H3. The number of nitrogens with zero attached hydrogens (tertiary/aromatic N) is 1. The van der Waals surface area contributed by atoms with Crippen LogP contribution in [0.5, 0.6) is 0 Å². The molecule has 2 atom stereocenters. The van der Waals surface area contributed by atoms with Crippen LogP contribution in [0.1, 0.15) is 33.6 Å². The van der Waals surface area contributed by atoms with Crippen LogP contribution in [0.15, 0.2) is 0 Å². The second-order valence-corrected chi connectivity index (χ2v) is 4.96. The molecule has 96 valence electrons. The highest BCUT2D eigenvalue weighted by Gasteiger charge is 2.22. The number of hydrogen-bond donors (Lipinski definition) is 1. The van der Waals surface area contributed by atoms with E-state index in [9.17, 15) is 0 Å². The molecule has 0 aromatic rings. The largest absolute Gasteiger partial charge is 0.380 e. The first-order valence-electron chi connectivity index (χ1n) is 6.66. The van der Waals surface area contributed by atoms with Gasteiger partial charge in [-0.1, -0.05) is 6.92 Å². The first kappa shape index (κ1) is 13.9. The van der Waals surface area contributed by atoms with E-state index in [1.807, 2.05) is 0 Å². The Morgan fingerprint density at radius 1 is 1.31 bits per heavy atom. The summed E-state index contributed by atoms with van der Waals surface area (Å²) in [6.45, 7) is 11.4. The molecule has 1 fully saturated rings. The average molecular weight is 228 g/mol. The lowest BCUT2D eigenvalue weighted by molar-refractivity contribution is 0.0269. The number of hydrogen-bond acceptors (Lipinski definition) is 3. The molecule has 0 spiro atoms. The van der Waals surface area contributed by atoms with Crippen molar-refractivity contribution in [1.82, 2.24) is 10.2 Å². The van der Waals surface area contributed by atoms with Gasteiger partial charge >= 0.3 is 0 Å². The molecule has 0 amide bonds. The van der Waals surface area contributed by atoms with Crippen molar-refractivity contribution < 1.29 is 4.74 Å². The molecule has 0 aromatic heterocycles. The number of ether oxygens (including phenoxy) is 1. The predicted octanol–water partition coefficient (Wildman–Crippen LogP) is 1.73. The van der Waals surface area contributed by atoms with Gasteiger partial charge in [-0.15, -0.1) is 0 Å². The SMILES string of the molecule is CCN(CC1CCNCC1)C(C)C(C)OC. The Morgan fingerprint density at radius 2 is 1.94 bits per heavy atom. The molecular formula is C13H28N2O. The first-order chi connectivity index (χ1) is 7.69. The highest BCUT2D eigenvalue weighted by Crippen LogP contribution is 2.16. The summed E-state index contributed by atoms with van der Waals surface area (Å²) in [5.74, 6) is 0.868. The van der Waals surface area contributed by atoms with E-state index in [0.717, 1.165) is 12.5 Å². The quantitative estimate of drug-likeness (QED) is 0.749. The van der Waals surface area contributed by atoms with E-state index in [4.69, 9.17) is 4.74 Å². The van der Waals surface area contributed by atoms with Crippen LogP contribution in [0, 0.1) is 5.92 Å². The van der Waals surface area contributed by atoms with E-state index in [1.54, 1.807) is 7.11 Å². The van der Waals surface area contributed by atoms with Gasteiger partial charge in [-0.3, -0.25) is 4.90 Å². The Hall–Kier alpha value is -0.120. The minimum absolute atomic E-state index is 0.321. The molecule has 0 saturated carbocycles. The molecule has 1 heterocycles. The molecule has 1 aliphatic rings.